The van der Waals surface area contributed by atoms with Crippen molar-refractivity contribution in [1.29, 1.82) is 0 Å². The van der Waals surface area contributed by atoms with Crippen LogP contribution in [-0.4, -0.2) is 17.7 Å². The first-order chi connectivity index (χ1) is 12.1. The first kappa shape index (κ1) is 15.7. The van der Waals surface area contributed by atoms with Gasteiger partial charge >= 0.3 is 0 Å². The van der Waals surface area contributed by atoms with E-state index < -0.39 is 0 Å². The van der Waals surface area contributed by atoms with Gasteiger partial charge in [0.1, 0.15) is 0 Å². The van der Waals surface area contributed by atoms with Crippen LogP contribution in [0.4, 0.5) is 5.13 Å². The molecule has 0 spiro atoms. The first-order valence-electron chi connectivity index (χ1n) is 7.84. The molecule has 126 valence electrons. The summed E-state index contributed by atoms with van der Waals surface area (Å²) in [4.78, 5) is 17.0. The Morgan fingerprint density at radius 3 is 2.84 bits per heavy atom. The lowest BCUT2D eigenvalue weighted by Gasteiger charge is -2.06. The second kappa shape index (κ2) is 6.22. The first-order valence-corrected chi connectivity index (χ1v) is 8.72. The molecular weight excluding hydrogens is 336 g/mol. The van der Waals surface area contributed by atoms with Crippen LogP contribution in [0.15, 0.2) is 41.8 Å². The summed E-state index contributed by atoms with van der Waals surface area (Å²) in [5.41, 5.74) is 4.37. The molecule has 1 aliphatic rings. The normalized spacial score (nSPS) is 12.2. The van der Waals surface area contributed by atoms with Gasteiger partial charge in [-0.25, -0.2) is 4.98 Å². The number of carbonyl (C=O) groups excluding carboxylic acids is 1. The van der Waals surface area contributed by atoms with Gasteiger partial charge in [0.15, 0.2) is 16.6 Å². The van der Waals surface area contributed by atoms with Crippen molar-refractivity contribution in [2.75, 3.05) is 12.1 Å². The van der Waals surface area contributed by atoms with Crippen LogP contribution in [0.1, 0.15) is 21.5 Å². The Balaban J connectivity index is 1.55. The van der Waals surface area contributed by atoms with Crippen molar-refractivity contribution in [2.24, 2.45) is 0 Å². The highest BCUT2D eigenvalue weighted by atomic mass is 32.1. The number of anilines is 1. The monoisotopic (exact) mass is 352 g/mol. The predicted molar refractivity (Wildman–Crippen MR) is 97.5 cm³/mol. The van der Waals surface area contributed by atoms with Gasteiger partial charge in [-0.1, -0.05) is 17.7 Å². The molecule has 2 aromatic carbocycles. The third kappa shape index (κ3) is 3.08. The van der Waals surface area contributed by atoms with E-state index in [1.54, 1.807) is 0 Å². The summed E-state index contributed by atoms with van der Waals surface area (Å²) in [5, 5.41) is 5.36. The number of carbonyl (C=O) groups is 1. The highest BCUT2D eigenvalue weighted by Crippen LogP contribution is 2.36. The molecule has 0 bridgehead atoms. The molecule has 0 atom stereocenters. The van der Waals surface area contributed by atoms with E-state index in [1.165, 1.54) is 11.3 Å². The van der Waals surface area contributed by atoms with Crippen molar-refractivity contribution in [3.63, 3.8) is 0 Å². The number of ether oxygens (including phenoxy) is 2. The molecule has 4 rings (SSSR count). The van der Waals surface area contributed by atoms with E-state index in [0.29, 0.717) is 16.4 Å². The fraction of sp³-hybridized carbons (Fsp3) is 0.158. The fourth-order valence-corrected chi connectivity index (χ4v) is 3.38. The summed E-state index contributed by atoms with van der Waals surface area (Å²) in [5.74, 6) is 1.31. The standard InChI is InChI=1S/C19H16N2O3S/c1-11-3-4-12(2)14(7-11)18(22)21-19-20-15(9-25-19)13-5-6-16-17(8-13)24-10-23-16/h3-9H,10H2,1-2H3,(H,20,21,22). The summed E-state index contributed by atoms with van der Waals surface area (Å²) in [6.45, 7) is 4.14. The number of hydrogen-bond acceptors (Lipinski definition) is 5. The van der Waals surface area contributed by atoms with Gasteiger partial charge in [-0.3, -0.25) is 10.1 Å². The van der Waals surface area contributed by atoms with Crippen molar-refractivity contribution in [3.8, 4) is 22.8 Å². The maximum absolute atomic E-state index is 12.5. The molecule has 1 aliphatic heterocycles. The largest absolute Gasteiger partial charge is 0.454 e. The third-order valence-electron chi connectivity index (χ3n) is 4.03. The summed E-state index contributed by atoms with van der Waals surface area (Å²) in [6.07, 6.45) is 0. The van der Waals surface area contributed by atoms with Gasteiger partial charge in [-0.05, 0) is 43.7 Å². The Kier molecular flexibility index (Phi) is 3.89. The second-order valence-electron chi connectivity index (χ2n) is 5.88. The van der Waals surface area contributed by atoms with Gasteiger partial charge in [-0.15, -0.1) is 11.3 Å². The van der Waals surface area contributed by atoms with Gasteiger partial charge in [0, 0.05) is 16.5 Å². The molecule has 3 aromatic rings. The van der Waals surface area contributed by atoms with Gasteiger partial charge in [0.2, 0.25) is 6.79 Å². The van der Waals surface area contributed by atoms with Gasteiger partial charge in [0.25, 0.3) is 5.91 Å². The number of fused-ring (bicyclic) bond motifs is 1. The van der Waals surface area contributed by atoms with E-state index >= 15 is 0 Å². The number of amides is 1. The number of thiazole rings is 1. The lowest BCUT2D eigenvalue weighted by Crippen LogP contribution is -2.13. The predicted octanol–water partition coefficient (Wildman–Crippen LogP) is 4.41. The van der Waals surface area contributed by atoms with E-state index in [0.717, 1.165) is 28.1 Å². The van der Waals surface area contributed by atoms with Crippen molar-refractivity contribution in [1.82, 2.24) is 4.98 Å². The maximum Gasteiger partial charge on any atom is 0.257 e. The lowest BCUT2D eigenvalue weighted by molar-refractivity contribution is 0.102. The molecule has 2 heterocycles. The highest BCUT2D eigenvalue weighted by Gasteiger charge is 2.16. The SMILES string of the molecule is Cc1ccc(C)c(C(=O)Nc2nc(-c3ccc4c(c3)OCO4)cs2)c1. The van der Waals surface area contributed by atoms with Crippen LogP contribution < -0.4 is 14.8 Å². The zero-order valence-corrected chi connectivity index (χ0v) is 14.6. The van der Waals surface area contributed by atoms with Crippen LogP contribution in [-0.2, 0) is 0 Å². The zero-order valence-electron chi connectivity index (χ0n) is 13.8. The minimum absolute atomic E-state index is 0.146. The van der Waals surface area contributed by atoms with Crippen LogP contribution in [0.5, 0.6) is 11.5 Å². The minimum atomic E-state index is -0.146. The number of aromatic nitrogens is 1. The Labute approximate surface area is 149 Å². The number of benzene rings is 2. The average molecular weight is 352 g/mol. The average Bonchev–Trinajstić information content (AvgIpc) is 3.25. The van der Waals surface area contributed by atoms with Crippen molar-refractivity contribution >= 4 is 22.4 Å². The number of hydrogen-bond donors (Lipinski definition) is 1. The van der Waals surface area contributed by atoms with Crippen LogP contribution >= 0.6 is 11.3 Å². The molecule has 0 aliphatic carbocycles. The Bertz CT molecular complexity index is 965. The van der Waals surface area contributed by atoms with E-state index in [1.807, 2.05) is 55.6 Å². The minimum Gasteiger partial charge on any atom is -0.454 e. The van der Waals surface area contributed by atoms with Crippen molar-refractivity contribution in [3.05, 3.63) is 58.5 Å². The molecular formula is C19H16N2O3S. The summed E-state index contributed by atoms with van der Waals surface area (Å²) in [7, 11) is 0. The quantitative estimate of drug-likeness (QED) is 0.758. The van der Waals surface area contributed by atoms with E-state index in [-0.39, 0.29) is 12.7 Å². The number of rotatable bonds is 3. The van der Waals surface area contributed by atoms with Gasteiger partial charge in [-0.2, -0.15) is 0 Å². The maximum atomic E-state index is 12.5. The van der Waals surface area contributed by atoms with Crippen LogP contribution in [0.2, 0.25) is 0 Å². The van der Waals surface area contributed by atoms with Gasteiger partial charge in [0.05, 0.1) is 5.69 Å². The second-order valence-corrected chi connectivity index (χ2v) is 6.74. The number of nitrogens with one attached hydrogen (secondary N) is 1. The fourth-order valence-electron chi connectivity index (χ4n) is 2.66. The van der Waals surface area contributed by atoms with Crippen molar-refractivity contribution < 1.29 is 14.3 Å². The van der Waals surface area contributed by atoms with E-state index in [4.69, 9.17) is 9.47 Å². The molecule has 0 radical (unpaired) electrons. The number of nitrogens with zero attached hydrogens (tertiary/aromatic N) is 1. The summed E-state index contributed by atoms with van der Waals surface area (Å²) in [6, 6.07) is 11.5. The topological polar surface area (TPSA) is 60.5 Å². The smallest absolute Gasteiger partial charge is 0.257 e. The molecule has 1 aromatic heterocycles. The molecule has 0 fully saturated rings. The van der Waals surface area contributed by atoms with Crippen LogP contribution in [0, 0.1) is 13.8 Å². The summed E-state index contributed by atoms with van der Waals surface area (Å²) < 4.78 is 10.7. The lowest BCUT2D eigenvalue weighted by atomic mass is 10.1. The summed E-state index contributed by atoms with van der Waals surface area (Å²) >= 11 is 1.40. The number of aryl methyl sites for hydroxylation is 2. The zero-order chi connectivity index (χ0) is 17.4. The molecule has 0 saturated carbocycles. The highest BCUT2D eigenvalue weighted by molar-refractivity contribution is 7.14. The molecule has 0 saturated heterocycles. The molecule has 1 N–H and O–H groups in total. The molecule has 25 heavy (non-hydrogen) atoms. The van der Waals surface area contributed by atoms with Crippen LogP contribution in [0.25, 0.3) is 11.3 Å². The van der Waals surface area contributed by atoms with E-state index in [2.05, 4.69) is 10.3 Å². The molecule has 1 amide bonds. The third-order valence-corrected chi connectivity index (χ3v) is 4.79. The van der Waals surface area contributed by atoms with Gasteiger partial charge < -0.3 is 9.47 Å². The molecule has 6 heteroatoms. The Morgan fingerprint density at radius 2 is 1.96 bits per heavy atom. The Hall–Kier alpha value is -2.86. The molecule has 5 nitrogen and oxygen atoms in total. The Morgan fingerprint density at radius 1 is 1.12 bits per heavy atom. The molecule has 0 unspecified atom stereocenters. The van der Waals surface area contributed by atoms with Crippen molar-refractivity contribution in [2.45, 2.75) is 13.8 Å². The van der Waals surface area contributed by atoms with Crippen LogP contribution in [0.3, 0.4) is 0 Å². The van der Waals surface area contributed by atoms with E-state index in [9.17, 15) is 4.79 Å².